The van der Waals surface area contributed by atoms with Crippen LogP contribution < -0.4 is 20.4 Å². The van der Waals surface area contributed by atoms with E-state index in [9.17, 15) is 29.4 Å². The second kappa shape index (κ2) is 10.1. The lowest BCUT2D eigenvalue weighted by Crippen LogP contribution is -2.54. The quantitative estimate of drug-likeness (QED) is 0.487. The number of fused-ring (bicyclic) bond motifs is 1. The molecule has 0 unspecified atom stereocenters. The molecular weight excluding hydrogens is 475 g/mol. The van der Waals surface area contributed by atoms with Crippen LogP contribution in [-0.4, -0.2) is 66.6 Å². The van der Waals surface area contributed by atoms with Crippen molar-refractivity contribution in [2.45, 2.75) is 6.04 Å². The smallest absolute Gasteiger partial charge is 0.252 e. The molecule has 0 fully saturated rings. The number of aliphatic hydroxyl groups is 1. The van der Waals surface area contributed by atoms with E-state index in [1.807, 2.05) is 0 Å². The number of rotatable bonds is 5. The fraction of sp³-hybridized carbons (Fsp3) is 0.238. The van der Waals surface area contributed by atoms with Crippen molar-refractivity contribution in [2.24, 2.45) is 0 Å². The largest absolute Gasteiger partial charge is 0.505 e. The number of nitrogens with zero attached hydrogens (tertiary/aromatic N) is 2. The maximum absolute atomic E-state index is 13.4. The number of aliphatic hydroxyl groups excluding tert-OH is 1. The second-order valence-corrected chi connectivity index (χ2v) is 7.88. The zero-order chi connectivity index (χ0) is 24.3. The van der Waals surface area contributed by atoms with Gasteiger partial charge in [-0.25, -0.2) is 0 Å². The average molecular weight is 495 g/mol. The third-order valence-corrected chi connectivity index (χ3v) is 5.57. The lowest BCUT2D eigenvalue weighted by molar-refractivity contribution is -0.124. The first-order valence-corrected chi connectivity index (χ1v) is 10.4. The maximum Gasteiger partial charge on any atom is 0.252 e. The van der Waals surface area contributed by atoms with Crippen LogP contribution in [0.1, 0.15) is 10.4 Å². The molecule has 2 aromatic carbocycles. The van der Waals surface area contributed by atoms with E-state index in [1.54, 1.807) is 24.3 Å². The Morgan fingerprint density at radius 2 is 1.73 bits per heavy atom. The molecule has 10 nitrogen and oxygen atoms in total. The molecule has 174 valence electrons. The number of phenols is 1. The first kappa shape index (κ1) is 24.3. The predicted octanol–water partition coefficient (Wildman–Crippen LogP) is 0.915. The van der Waals surface area contributed by atoms with Gasteiger partial charge in [0.05, 0.1) is 28.0 Å². The van der Waals surface area contributed by atoms with Crippen LogP contribution in [0.25, 0.3) is 0 Å². The van der Waals surface area contributed by atoms with Gasteiger partial charge in [0.2, 0.25) is 5.91 Å². The molecule has 4 amide bonds. The van der Waals surface area contributed by atoms with Crippen molar-refractivity contribution < 1.29 is 29.4 Å². The summed E-state index contributed by atoms with van der Waals surface area (Å²) in [7, 11) is 1.41. The molecule has 0 bridgehead atoms. The number of phenolic OH excluding ortho intramolecular Hbond substituents is 1. The Morgan fingerprint density at radius 1 is 1.12 bits per heavy atom. The van der Waals surface area contributed by atoms with Gasteiger partial charge in [-0.3, -0.25) is 24.1 Å². The van der Waals surface area contributed by atoms with E-state index in [0.717, 1.165) is 4.90 Å². The SMILES string of the molecule is CNC(=O)CN1C(=O)[C@@H](NC(=O)c2cc(Cl)c(O)c(Cl)c2)CN(C(=O)CO)c2ccccc21. The third kappa shape index (κ3) is 5.03. The van der Waals surface area contributed by atoms with E-state index in [2.05, 4.69) is 10.6 Å². The number of carbonyl (C=O) groups excluding carboxylic acids is 4. The lowest BCUT2D eigenvalue weighted by atomic mass is 10.1. The van der Waals surface area contributed by atoms with Crippen molar-refractivity contribution in [3.05, 3.63) is 52.0 Å². The molecule has 1 atom stereocenters. The molecule has 2 aromatic rings. The highest BCUT2D eigenvalue weighted by molar-refractivity contribution is 6.37. The standard InChI is InChI=1S/C21H20Cl2N4O6/c1-24-17(29)9-27-16-5-3-2-4-15(16)26(18(30)10-28)8-14(21(27)33)25-20(32)11-6-12(22)19(31)13(23)7-11/h2-7,14,28,31H,8-10H2,1H3,(H,24,29)(H,25,32)/t14-/m0/s1. The highest BCUT2D eigenvalue weighted by Gasteiger charge is 2.37. The third-order valence-electron chi connectivity index (χ3n) is 4.99. The Balaban J connectivity index is 2.02. The molecule has 4 N–H and O–H groups in total. The van der Waals surface area contributed by atoms with Crippen molar-refractivity contribution in [1.29, 1.82) is 0 Å². The molecule has 3 rings (SSSR count). The summed E-state index contributed by atoms with van der Waals surface area (Å²) in [6.45, 7) is -1.50. The fourth-order valence-corrected chi connectivity index (χ4v) is 3.83. The summed E-state index contributed by atoms with van der Waals surface area (Å²) in [5.41, 5.74) is 0.525. The summed E-state index contributed by atoms with van der Waals surface area (Å²) in [6, 6.07) is 7.45. The molecule has 33 heavy (non-hydrogen) atoms. The maximum atomic E-state index is 13.4. The molecule has 0 saturated carbocycles. The summed E-state index contributed by atoms with van der Waals surface area (Å²) in [6.07, 6.45) is 0. The molecule has 0 radical (unpaired) electrons. The average Bonchev–Trinajstić information content (AvgIpc) is 2.92. The highest BCUT2D eigenvalue weighted by Crippen LogP contribution is 2.34. The molecule has 0 aliphatic carbocycles. The minimum atomic E-state index is -1.28. The first-order chi connectivity index (χ1) is 15.7. The Labute approximate surface area is 198 Å². The van der Waals surface area contributed by atoms with Gasteiger partial charge in [0.25, 0.3) is 17.7 Å². The van der Waals surface area contributed by atoms with Crippen molar-refractivity contribution in [3.8, 4) is 5.75 Å². The Bertz CT molecular complexity index is 1100. The summed E-state index contributed by atoms with van der Waals surface area (Å²) in [5.74, 6) is -2.97. The van der Waals surface area contributed by atoms with Crippen LogP contribution >= 0.6 is 23.2 Å². The molecule has 1 aliphatic rings. The number of amides is 4. The molecule has 0 saturated heterocycles. The zero-order valence-electron chi connectivity index (χ0n) is 17.3. The van der Waals surface area contributed by atoms with Crippen LogP contribution in [0.15, 0.2) is 36.4 Å². The molecule has 1 aliphatic heterocycles. The zero-order valence-corrected chi connectivity index (χ0v) is 18.9. The number of aromatic hydroxyl groups is 1. The molecular formula is C21H20Cl2N4O6. The van der Waals surface area contributed by atoms with Gasteiger partial charge in [0, 0.05) is 12.6 Å². The second-order valence-electron chi connectivity index (χ2n) is 7.06. The number of halogens is 2. The molecule has 12 heteroatoms. The summed E-state index contributed by atoms with van der Waals surface area (Å²) in [4.78, 5) is 53.2. The van der Waals surface area contributed by atoms with E-state index < -0.39 is 42.0 Å². The van der Waals surface area contributed by atoms with E-state index in [-0.39, 0.29) is 34.4 Å². The topological polar surface area (TPSA) is 139 Å². The first-order valence-electron chi connectivity index (χ1n) is 9.69. The number of nitrogens with one attached hydrogen (secondary N) is 2. The van der Waals surface area contributed by atoms with Gasteiger partial charge in [0.15, 0.2) is 5.75 Å². The van der Waals surface area contributed by atoms with E-state index in [0.29, 0.717) is 5.69 Å². The number of likely N-dealkylation sites (N-methyl/N-ethyl adjacent to an activating group) is 1. The van der Waals surface area contributed by atoms with Gasteiger partial charge in [-0.2, -0.15) is 0 Å². The number of hydrogen-bond acceptors (Lipinski definition) is 6. The van der Waals surface area contributed by atoms with E-state index in [1.165, 1.54) is 24.1 Å². The van der Waals surface area contributed by atoms with Crippen LogP contribution in [0.3, 0.4) is 0 Å². The Hall–Kier alpha value is -3.34. The van der Waals surface area contributed by atoms with Crippen LogP contribution in [0.5, 0.6) is 5.75 Å². The number of benzene rings is 2. The van der Waals surface area contributed by atoms with Gasteiger partial charge >= 0.3 is 0 Å². The van der Waals surface area contributed by atoms with Gasteiger partial charge in [0.1, 0.15) is 19.2 Å². The van der Waals surface area contributed by atoms with Crippen LogP contribution in [0.4, 0.5) is 11.4 Å². The predicted molar refractivity (Wildman–Crippen MR) is 122 cm³/mol. The van der Waals surface area contributed by atoms with Crippen LogP contribution in [0.2, 0.25) is 10.0 Å². The Kier molecular flexibility index (Phi) is 7.42. The number of para-hydroxylation sites is 2. The van der Waals surface area contributed by atoms with Gasteiger partial charge in [-0.15, -0.1) is 0 Å². The monoisotopic (exact) mass is 494 g/mol. The van der Waals surface area contributed by atoms with E-state index in [4.69, 9.17) is 23.2 Å². The van der Waals surface area contributed by atoms with Gasteiger partial charge in [-0.05, 0) is 24.3 Å². The van der Waals surface area contributed by atoms with Crippen molar-refractivity contribution in [1.82, 2.24) is 10.6 Å². The normalized spacial score (nSPS) is 15.5. The summed E-state index contributed by atoms with van der Waals surface area (Å²) >= 11 is 11.8. The number of anilines is 2. The van der Waals surface area contributed by atoms with E-state index >= 15 is 0 Å². The van der Waals surface area contributed by atoms with Crippen LogP contribution in [-0.2, 0) is 14.4 Å². The van der Waals surface area contributed by atoms with Crippen molar-refractivity contribution in [3.63, 3.8) is 0 Å². The molecule has 0 aromatic heterocycles. The molecule has 0 spiro atoms. The van der Waals surface area contributed by atoms with Gasteiger partial charge < -0.3 is 25.7 Å². The van der Waals surface area contributed by atoms with Crippen LogP contribution in [0, 0.1) is 0 Å². The minimum absolute atomic E-state index is 0.0322. The summed E-state index contributed by atoms with van der Waals surface area (Å²) in [5, 5.41) is 23.8. The minimum Gasteiger partial charge on any atom is -0.505 e. The molecule has 1 heterocycles. The Morgan fingerprint density at radius 3 is 2.30 bits per heavy atom. The number of carbonyl (C=O) groups is 4. The van der Waals surface area contributed by atoms with Crippen molar-refractivity contribution >= 4 is 58.2 Å². The summed E-state index contributed by atoms with van der Waals surface area (Å²) < 4.78 is 0. The highest BCUT2D eigenvalue weighted by atomic mass is 35.5. The number of hydrogen-bond donors (Lipinski definition) is 4. The fourth-order valence-electron chi connectivity index (χ4n) is 3.34. The van der Waals surface area contributed by atoms with Gasteiger partial charge in [-0.1, -0.05) is 35.3 Å². The van der Waals surface area contributed by atoms with Crippen molar-refractivity contribution in [2.75, 3.05) is 36.5 Å². The lowest BCUT2D eigenvalue weighted by Gasteiger charge is -2.24.